The summed E-state index contributed by atoms with van der Waals surface area (Å²) in [7, 11) is -0.834. The Labute approximate surface area is 117 Å². The van der Waals surface area contributed by atoms with Gasteiger partial charge >= 0.3 is 5.97 Å². The van der Waals surface area contributed by atoms with Crippen molar-refractivity contribution in [2.24, 2.45) is 5.92 Å². The Morgan fingerprint density at radius 1 is 1.21 bits per heavy atom. The lowest BCUT2D eigenvalue weighted by Crippen LogP contribution is -2.08. The minimum Gasteiger partial charge on any atom is -0.481 e. The van der Waals surface area contributed by atoms with Gasteiger partial charge in [0, 0.05) is 22.3 Å². The zero-order chi connectivity index (χ0) is 14.4. The van der Waals surface area contributed by atoms with E-state index in [-0.39, 0.29) is 0 Å². The minimum absolute atomic E-state index is 0.500. The summed E-state index contributed by atoms with van der Waals surface area (Å²) in [6.45, 7) is 5.91. The number of aliphatic carboxylic acids is 1. The van der Waals surface area contributed by atoms with Crippen LogP contribution in [0.5, 0.6) is 0 Å². The highest BCUT2D eigenvalue weighted by Gasteiger charge is 2.13. The number of hydrogen-bond donors (Lipinski definition) is 1. The van der Waals surface area contributed by atoms with Crippen LogP contribution in [0.25, 0.3) is 0 Å². The molecule has 0 aliphatic carbocycles. The Hall–Kier alpha value is -1.16. The predicted octanol–water partition coefficient (Wildman–Crippen LogP) is 3.17. The van der Waals surface area contributed by atoms with Crippen LogP contribution in [0.1, 0.15) is 44.2 Å². The number of carboxylic acid groups (broad SMARTS) is 1. The van der Waals surface area contributed by atoms with Gasteiger partial charge in [-0.2, -0.15) is 0 Å². The summed E-state index contributed by atoms with van der Waals surface area (Å²) in [4.78, 5) is 10.9. The Balaban J connectivity index is 2.57. The first-order valence-corrected chi connectivity index (χ1v) is 8.05. The van der Waals surface area contributed by atoms with Gasteiger partial charge in [0.1, 0.15) is 0 Å². The summed E-state index contributed by atoms with van der Waals surface area (Å²) in [5, 5.41) is 8.92. The molecule has 1 aromatic carbocycles. The third-order valence-corrected chi connectivity index (χ3v) is 4.45. The lowest BCUT2D eigenvalue weighted by Gasteiger charge is -2.08. The third kappa shape index (κ3) is 5.55. The smallest absolute Gasteiger partial charge is 0.310 e. The molecule has 0 radical (unpaired) electrons. The molecular weight excluding hydrogens is 260 g/mol. The topological polar surface area (TPSA) is 54.4 Å². The van der Waals surface area contributed by atoms with E-state index in [9.17, 15) is 9.00 Å². The molecule has 2 unspecified atom stereocenters. The van der Waals surface area contributed by atoms with E-state index in [1.165, 1.54) is 0 Å². The predicted molar refractivity (Wildman–Crippen MR) is 78.7 cm³/mol. The van der Waals surface area contributed by atoms with Crippen molar-refractivity contribution in [2.45, 2.75) is 38.9 Å². The zero-order valence-corrected chi connectivity index (χ0v) is 12.6. The summed E-state index contributed by atoms with van der Waals surface area (Å²) in [5.41, 5.74) is 1.78. The Morgan fingerprint density at radius 2 is 1.79 bits per heavy atom. The summed E-state index contributed by atoms with van der Waals surface area (Å²) in [6.07, 6.45) is 0.973. The second kappa shape index (κ2) is 7.43. The lowest BCUT2D eigenvalue weighted by molar-refractivity contribution is -0.138. The van der Waals surface area contributed by atoms with Gasteiger partial charge in [-0.15, -0.1) is 0 Å². The number of benzene rings is 1. The summed E-state index contributed by atoms with van der Waals surface area (Å²) < 4.78 is 11.9. The van der Waals surface area contributed by atoms with Crippen LogP contribution in [0, 0.1) is 5.92 Å². The van der Waals surface area contributed by atoms with Crippen molar-refractivity contribution in [2.75, 3.05) is 5.75 Å². The Kier molecular flexibility index (Phi) is 6.22. The van der Waals surface area contributed by atoms with Crippen molar-refractivity contribution in [1.82, 2.24) is 0 Å². The fourth-order valence-electron chi connectivity index (χ4n) is 1.67. The highest BCUT2D eigenvalue weighted by Crippen LogP contribution is 2.17. The van der Waals surface area contributed by atoms with Gasteiger partial charge in [0.2, 0.25) is 0 Å². The average Bonchev–Trinajstić information content (AvgIpc) is 2.36. The number of rotatable bonds is 7. The zero-order valence-electron chi connectivity index (χ0n) is 11.8. The van der Waals surface area contributed by atoms with Crippen molar-refractivity contribution >= 4 is 16.8 Å². The van der Waals surface area contributed by atoms with E-state index in [1.807, 2.05) is 24.3 Å². The maximum absolute atomic E-state index is 11.9. The molecule has 0 saturated heterocycles. The van der Waals surface area contributed by atoms with Crippen LogP contribution < -0.4 is 0 Å². The Bertz CT molecular complexity index is 437. The molecule has 0 aromatic heterocycles. The summed E-state index contributed by atoms with van der Waals surface area (Å²) in [6, 6.07) is 7.38. The van der Waals surface area contributed by atoms with Gasteiger partial charge in [-0.3, -0.25) is 9.00 Å². The standard InChI is InChI=1S/C15H22O3S/c1-11(2)8-9-19(18)10-13-4-6-14(7-5-13)12(3)15(16)17/h4-7,11-12H,8-10H2,1-3H3,(H,16,17). The van der Waals surface area contributed by atoms with Crippen molar-refractivity contribution in [1.29, 1.82) is 0 Å². The molecule has 0 aliphatic rings. The van der Waals surface area contributed by atoms with E-state index in [0.29, 0.717) is 11.7 Å². The second-order valence-electron chi connectivity index (χ2n) is 5.27. The number of carboxylic acids is 1. The first-order valence-electron chi connectivity index (χ1n) is 6.56. The molecule has 0 heterocycles. The van der Waals surface area contributed by atoms with Crippen molar-refractivity contribution in [3.8, 4) is 0 Å². The number of hydrogen-bond acceptors (Lipinski definition) is 2. The van der Waals surface area contributed by atoms with Gasteiger partial charge in [0.15, 0.2) is 0 Å². The fourth-order valence-corrected chi connectivity index (χ4v) is 3.11. The van der Waals surface area contributed by atoms with E-state index in [0.717, 1.165) is 23.3 Å². The van der Waals surface area contributed by atoms with E-state index < -0.39 is 22.7 Å². The van der Waals surface area contributed by atoms with Crippen LogP contribution >= 0.6 is 0 Å². The van der Waals surface area contributed by atoms with E-state index in [1.54, 1.807) is 6.92 Å². The van der Waals surface area contributed by atoms with Crippen LogP contribution in [0.15, 0.2) is 24.3 Å². The molecule has 3 nitrogen and oxygen atoms in total. The van der Waals surface area contributed by atoms with E-state index in [2.05, 4.69) is 13.8 Å². The molecule has 0 fully saturated rings. The Morgan fingerprint density at radius 3 is 2.26 bits per heavy atom. The van der Waals surface area contributed by atoms with Gasteiger partial charge in [-0.25, -0.2) is 0 Å². The monoisotopic (exact) mass is 282 g/mol. The molecule has 2 atom stereocenters. The summed E-state index contributed by atoms with van der Waals surface area (Å²) >= 11 is 0. The highest BCUT2D eigenvalue weighted by atomic mass is 32.2. The molecule has 1 rings (SSSR count). The lowest BCUT2D eigenvalue weighted by atomic mass is 10.0. The molecule has 1 aromatic rings. The average molecular weight is 282 g/mol. The van der Waals surface area contributed by atoms with Crippen molar-refractivity contribution < 1.29 is 14.1 Å². The largest absolute Gasteiger partial charge is 0.481 e. The van der Waals surface area contributed by atoms with Gasteiger partial charge in [0.25, 0.3) is 0 Å². The van der Waals surface area contributed by atoms with Gasteiger partial charge < -0.3 is 5.11 Å². The van der Waals surface area contributed by atoms with Crippen molar-refractivity contribution in [3.63, 3.8) is 0 Å². The second-order valence-corrected chi connectivity index (χ2v) is 6.85. The van der Waals surface area contributed by atoms with Gasteiger partial charge in [0.05, 0.1) is 5.92 Å². The molecule has 106 valence electrons. The molecule has 0 spiro atoms. The number of carbonyl (C=O) groups is 1. The van der Waals surface area contributed by atoms with Crippen LogP contribution in [-0.2, 0) is 21.3 Å². The first kappa shape index (κ1) is 15.9. The van der Waals surface area contributed by atoms with Crippen LogP contribution in [0.3, 0.4) is 0 Å². The van der Waals surface area contributed by atoms with Crippen molar-refractivity contribution in [3.05, 3.63) is 35.4 Å². The molecule has 1 N–H and O–H groups in total. The van der Waals surface area contributed by atoms with E-state index in [4.69, 9.17) is 5.11 Å². The minimum atomic E-state index is -0.834. The molecule has 0 aliphatic heterocycles. The van der Waals surface area contributed by atoms with E-state index >= 15 is 0 Å². The molecule has 0 bridgehead atoms. The highest BCUT2D eigenvalue weighted by molar-refractivity contribution is 7.84. The SMILES string of the molecule is CC(C)CCS(=O)Cc1ccc(C(C)C(=O)O)cc1. The molecule has 19 heavy (non-hydrogen) atoms. The third-order valence-electron chi connectivity index (χ3n) is 3.10. The maximum Gasteiger partial charge on any atom is 0.310 e. The molecule has 4 heteroatoms. The normalized spacial score (nSPS) is 14.3. The van der Waals surface area contributed by atoms with Gasteiger partial charge in [-0.05, 0) is 30.4 Å². The quantitative estimate of drug-likeness (QED) is 0.835. The maximum atomic E-state index is 11.9. The van der Waals surface area contributed by atoms with Crippen LogP contribution in [0.4, 0.5) is 0 Å². The summed E-state index contributed by atoms with van der Waals surface area (Å²) in [5.74, 6) is 0.524. The van der Waals surface area contributed by atoms with Crippen LogP contribution in [-0.4, -0.2) is 21.0 Å². The van der Waals surface area contributed by atoms with Gasteiger partial charge in [-0.1, -0.05) is 38.1 Å². The molecule has 0 amide bonds. The first-order chi connectivity index (χ1) is 8.90. The molecular formula is C15H22O3S. The molecule has 0 saturated carbocycles. The fraction of sp³-hybridized carbons (Fsp3) is 0.533. The van der Waals surface area contributed by atoms with Crippen LogP contribution in [0.2, 0.25) is 0 Å².